The van der Waals surface area contributed by atoms with Gasteiger partial charge in [0.05, 0.1) is 0 Å². The van der Waals surface area contributed by atoms with E-state index >= 15 is 0 Å². The summed E-state index contributed by atoms with van der Waals surface area (Å²) in [4.78, 5) is 10.3. The summed E-state index contributed by atoms with van der Waals surface area (Å²) >= 11 is 3.36. The van der Waals surface area contributed by atoms with Crippen molar-refractivity contribution in [2.75, 3.05) is 31.2 Å². The third kappa shape index (κ3) is 4.47. The first-order chi connectivity index (χ1) is 8.02. The molecule has 0 radical (unpaired) electrons. The summed E-state index contributed by atoms with van der Waals surface area (Å²) < 4.78 is 0.734. The molecular weight excluding hydrogens is 282 g/mol. The molecule has 6 heteroatoms. The summed E-state index contributed by atoms with van der Waals surface area (Å²) in [5.74, 6) is 1.21. The predicted octanol–water partition coefficient (Wildman–Crippen LogP) is 1.96. The summed E-state index contributed by atoms with van der Waals surface area (Å²) in [6, 6.07) is 0.580. The smallest absolute Gasteiger partial charge is 0.145 e. The minimum atomic E-state index is 0.460. The Balaban J connectivity index is 2.34. The fourth-order valence-electron chi connectivity index (χ4n) is 1.30. The largest absolute Gasteiger partial charge is 0.383 e. The van der Waals surface area contributed by atoms with Gasteiger partial charge in [-0.3, -0.25) is 0 Å². The fourth-order valence-corrected chi connectivity index (χ4v) is 1.65. The number of nitrogens with zero attached hydrogens (tertiary/aromatic N) is 3. The van der Waals surface area contributed by atoms with Crippen molar-refractivity contribution in [2.24, 2.45) is 0 Å². The Bertz CT molecular complexity index is 356. The van der Waals surface area contributed by atoms with E-state index in [4.69, 9.17) is 5.73 Å². The van der Waals surface area contributed by atoms with Gasteiger partial charge in [-0.2, -0.15) is 0 Å². The van der Waals surface area contributed by atoms with Crippen LogP contribution in [-0.4, -0.2) is 41.0 Å². The van der Waals surface area contributed by atoms with Gasteiger partial charge < -0.3 is 16.0 Å². The molecule has 17 heavy (non-hydrogen) atoms. The molecule has 0 saturated carbocycles. The highest BCUT2D eigenvalue weighted by Crippen LogP contribution is 2.23. The van der Waals surface area contributed by atoms with Crippen LogP contribution in [0.4, 0.5) is 11.6 Å². The van der Waals surface area contributed by atoms with E-state index in [9.17, 15) is 0 Å². The summed E-state index contributed by atoms with van der Waals surface area (Å²) in [5, 5.41) is 3.24. The molecule has 0 aromatic carbocycles. The minimum absolute atomic E-state index is 0.460. The van der Waals surface area contributed by atoms with Gasteiger partial charge in [0.2, 0.25) is 0 Å². The van der Waals surface area contributed by atoms with Gasteiger partial charge in [-0.15, -0.1) is 0 Å². The molecular formula is C11H20BrN5. The Morgan fingerprint density at radius 2 is 2.18 bits per heavy atom. The van der Waals surface area contributed by atoms with Crippen molar-refractivity contribution in [1.29, 1.82) is 0 Å². The van der Waals surface area contributed by atoms with Crippen LogP contribution in [0.1, 0.15) is 20.3 Å². The molecule has 0 spiro atoms. The molecule has 0 saturated heterocycles. The number of hydrogen-bond acceptors (Lipinski definition) is 5. The van der Waals surface area contributed by atoms with Gasteiger partial charge in [0.1, 0.15) is 22.4 Å². The first kappa shape index (κ1) is 14.2. The molecule has 1 aromatic heterocycles. The zero-order valence-electron chi connectivity index (χ0n) is 10.6. The monoisotopic (exact) mass is 301 g/mol. The Hall–Kier alpha value is -0.880. The molecule has 0 unspecified atom stereocenters. The van der Waals surface area contributed by atoms with Crippen LogP contribution in [0.25, 0.3) is 0 Å². The number of halogens is 1. The highest BCUT2D eigenvalue weighted by atomic mass is 79.9. The van der Waals surface area contributed by atoms with Crippen LogP contribution in [0.3, 0.4) is 0 Å². The molecule has 0 aliphatic carbocycles. The maximum absolute atomic E-state index is 5.67. The van der Waals surface area contributed by atoms with Crippen LogP contribution in [-0.2, 0) is 0 Å². The maximum atomic E-state index is 5.67. The number of nitrogen functional groups attached to an aromatic ring is 1. The van der Waals surface area contributed by atoms with E-state index in [0.29, 0.717) is 11.9 Å². The van der Waals surface area contributed by atoms with Crippen molar-refractivity contribution in [2.45, 2.75) is 26.3 Å². The summed E-state index contributed by atoms with van der Waals surface area (Å²) in [5.41, 5.74) is 5.67. The average molecular weight is 302 g/mol. The Kier molecular flexibility index (Phi) is 5.64. The lowest BCUT2D eigenvalue weighted by molar-refractivity contribution is 0.273. The first-order valence-electron chi connectivity index (χ1n) is 5.72. The second-order valence-corrected chi connectivity index (χ2v) is 5.07. The van der Waals surface area contributed by atoms with E-state index in [2.05, 4.69) is 57.0 Å². The van der Waals surface area contributed by atoms with Gasteiger partial charge in [-0.25, -0.2) is 9.97 Å². The van der Waals surface area contributed by atoms with Gasteiger partial charge in [0.15, 0.2) is 0 Å². The number of hydrogen-bond donors (Lipinski definition) is 2. The highest BCUT2D eigenvalue weighted by molar-refractivity contribution is 9.10. The van der Waals surface area contributed by atoms with E-state index in [1.54, 1.807) is 0 Å². The summed E-state index contributed by atoms with van der Waals surface area (Å²) in [7, 11) is 2.13. The second kappa shape index (κ2) is 6.76. The van der Waals surface area contributed by atoms with Crippen LogP contribution >= 0.6 is 15.9 Å². The number of aromatic nitrogens is 2. The molecule has 0 bridgehead atoms. The molecule has 1 aromatic rings. The summed E-state index contributed by atoms with van der Waals surface area (Å²) in [6.45, 7) is 6.30. The van der Waals surface area contributed by atoms with Crippen molar-refractivity contribution in [3.63, 3.8) is 0 Å². The molecule has 96 valence electrons. The molecule has 3 N–H and O–H groups in total. The van der Waals surface area contributed by atoms with Crippen molar-refractivity contribution >= 4 is 27.6 Å². The van der Waals surface area contributed by atoms with Gasteiger partial charge in [-0.05, 0) is 49.8 Å². The zero-order chi connectivity index (χ0) is 12.8. The van der Waals surface area contributed by atoms with Crippen LogP contribution in [0, 0.1) is 0 Å². The molecule has 0 aliphatic heterocycles. The highest BCUT2D eigenvalue weighted by Gasteiger charge is 2.05. The SMILES string of the molecule is CC(C)N(C)CCCNc1ncnc(N)c1Br. The lowest BCUT2D eigenvalue weighted by Gasteiger charge is -2.20. The molecule has 0 fully saturated rings. The molecule has 5 nitrogen and oxygen atoms in total. The standard InChI is InChI=1S/C11H20BrN5/c1-8(2)17(3)6-4-5-14-11-9(12)10(13)15-7-16-11/h7-8H,4-6H2,1-3H3,(H3,13,14,15,16). The van der Waals surface area contributed by atoms with Crippen molar-refractivity contribution in [3.8, 4) is 0 Å². The third-order valence-corrected chi connectivity index (χ3v) is 3.46. The molecule has 0 amide bonds. The number of nitrogens with one attached hydrogen (secondary N) is 1. The Morgan fingerprint density at radius 1 is 1.47 bits per heavy atom. The third-order valence-electron chi connectivity index (χ3n) is 2.68. The fraction of sp³-hybridized carbons (Fsp3) is 0.636. The molecule has 0 atom stereocenters. The Morgan fingerprint density at radius 3 is 2.82 bits per heavy atom. The molecule has 0 aliphatic rings. The molecule has 1 heterocycles. The van der Waals surface area contributed by atoms with Crippen molar-refractivity contribution < 1.29 is 0 Å². The predicted molar refractivity (Wildman–Crippen MR) is 75.0 cm³/mol. The van der Waals surface area contributed by atoms with Crippen LogP contribution in [0.2, 0.25) is 0 Å². The zero-order valence-corrected chi connectivity index (χ0v) is 12.2. The summed E-state index contributed by atoms with van der Waals surface area (Å²) in [6.07, 6.45) is 2.52. The van der Waals surface area contributed by atoms with Gasteiger partial charge in [0.25, 0.3) is 0 Å². The van der Waals surface area contributed by atoms with Crippen molar-refractivity contribution in [3.05, 3.63) is 10.8 Å². The number of nitrogens with two attached hydrogens (primary N) is 1. The lowest BCUT2D eigenvalue weighted by Crippen LogP contribution is -2.28. The topological polar surface area (TPSA) is 67.1 Å². The van der Waals surface area contributed by atoms with Crippen LogP contribution in [0.5, 0.6) is 0 Å². The van der Waals surface area contributed by atoms with E-state index in [1.165, 1.54) is 6.33 Å². The van der Waals surface area contributed by atoms with E-state index in [1.807, 2.05) is 0 Å². The first-order valence-corrected chi connectivity index (χ1v) is 6.51. The lowest BCUT2D eigenvalue weighted by atomic mass is 10.3. The minimum Gasteiger partial charge on any atom is -0.383 e. The normalized spacial score (nSPS) is 11.2. The number of anilines is 2. The maximum Gasteiger partial charge on any atom is 0.145 e. The average Bonchev–Trinajstić information content (AvgIpc) is 2.29. The quantitative estimate of drug-likeness (QED) is 0.786. The second-order valence-electron chi connectivity index (χ2n) is 4.28. The Labute approximate surface area is 111 Å². The van der Waals surface area contributed by atoms with E-state index in [0.717, 1.165) is 29.8 Å². The van der Waals surface area contributed by atoms with Gasteiger partial charge in [-0.1, -0.05) is 0 Å². The van der Waals surface area contributed by atoms with E-state index < -0.39 is 0 Å². The van der Waals surface area contributed by atoms with E-state index in [-0.39, 0.29) is 0 Å². The van der Waals surface area contributed by atoms with Crippen LogP contribution in [0.15, 0.2) is 10.8 Å². The number of rotatable bonds is 6. The van der Waals surface area contributed by atoms with Gasteiger partial charge in [0, 0.05) is 12.6 Å². The van der Waals surface area contributed by atoms with Gasteiger partial charge >= 0.3 is 0 Å². The van der Waals surface area contributed by atoms with Crippen molar-refractivity contribution in [1.82, 2.24) is 14.9 Å². The molecule has 1 rings (SSSR count). The van der Waals surface area contributed by atoms with Crippen LogP contribution < -0.4 is 11.1 Å².